The second-order valence-electron chi connectivity index (χ2n) is 8.68. The number of alkyl halides is 3. The number of hydrogen-bond acceptors (Lipinski definition) is 9. The standard InChI is InChI=1S/C22H27F3N3O9P/c1-12(2)35-19(31)13(3)27-38(33,37-14-7-5-4-6-8-14)34-11-22(20(24)25)17(30)16(23)18(36-22)28-10-9-15(29)26-21(28)32/h4-10,12-13,16-18,20,30H,11H2,1-3H3,(H,27,33)(H,26,29,32)/t13-,16-,17-,18+,22+,38?/m0/s1. The third-order valence-corrected chi connectivity index (χ3v) is 7.02. The van der Waals surface area contributed by atoms with E-state index >= 15 is 4.39 Å². The Morgan fingerprint density at radius 1 is 1.24 bits per heavy atom. The number of carbonyl (C=O) groups excluding carboxylic acids is 1. The molecule has 1 aromatic carbocycles. The van der Waals surface area contributed by atoms with Crippen LogP contribution in [0.3, 0.4) is 0 Å². The van der Waals surface area contributed by atoms with Crippen LogP contribution in [0.1, 0.15) is 27.0 Å². The van der Waals surface area contributed by atoms with Crippen LogP contribution in [0.5, 0.6) is 5.75 Å². The average molecular weight is 565 g/mol. The number of aliphatic hydroxyl groups excluding tert-OH is 1. The number of rotatable bonds is 11. The molecule has 0 spiro atoms. The zero-order chi connectivity index (χ0) is 28.3. The molecule has 0 amide bonds. The van der Waals surface area contributed by atoms with Gasteiger partial charge in [-0.2, -0.15) is 5.09 Å². The molecule has 16 heteroatoms. The minimum Gasteiger partial charge on any atom is -0.462 e. The molecule has 0 aliphatic carbocycles. The molecule has 1 fully saturated rings. The topological polar surface area (TPSA) is 158 Å². The van der Waals surface area contributed by atoms with E-state index in [9.17, 15) is 32.8 Å². The van der Waals surface area contributed by atoms with Crippen molar-refractivity contribution in [2.24, 2.45) is 0 Å². The first-order valence-electron chi connectivity index (χ1n) is 11.3. The van der Waals surface area contributed by atoms with Crippen LogP contribution in [0.2, 0.25) is 0 Å². The van der Waals surface area contributed by atoms with Crippen molar-refractivity contribution >= 4 is 13.7 Å². The van der Waals surface area contributed by atoms with Crippen LogP contribution >= 0.6 is 7.75 Å². The number of carbonyl (C=O) groups is 1. The molecule has 0 bridgehead atoms. The van der Waals surface area contributed by atoms with Crippen molar-refractivity contribution in [3.63, 3.8) is 0 Å². The van der Waals surface area contributed by atoms with Gasteiger partial charge in [0.2, 0.25) is 0 Å². The summed E-state index contributed by atoms with van der Waals surface area (Å²) >= 11 is 0. The summed E-state index contributed by atoms with van der Waals surface area (Å²) < 4.78 is 78.4. The molecule has 1 saturated heterocycles. The van der Waals surface area contributed by atoms with Gasteiger partial charge in [0.15, 0.2) is 18.0 Å². The average Bonchev–Trinajstić information content (AvgIpc) is 3.09. The third-order valence-electron chi connectivity index (χ3n) is 5.40. The van der Waals surface area contributed by atoms with Crippen LogP contribution in [-0.4, -0.2) is 63.7 Å². The van der Waals surface area contributed by atoms with Gasteiger partial charge in [-0.15, -0.1) is 0 Å². The fourth-order valence-electron chi connectivity index (χ4n) is 3.51. The lowest BCUT2D eigenvalue weighted by Gasteiger charge is -2.32. The van der Waals surface area contributed by atoms with E-state index in [0.717, 1.165) is 12.3 Å². The minimum absolute atomic E-state index is 0.0345. The number of para-hydroxylation sites is 1. The van der Waals surface area contributed by atoms with Crippen molar-refractivity contribution in [2.75, 3.05) is 6.61 Å². The van der Waals surface area contributed by atoms with Gasteiger partial charge in [-0.1, -0.05) is 18.2 Å². The number of nitrogens with one attached hydrogen (secondary N) is 2. The van der Waals surface area contributed by atoms with E-state index in [1.807, 2.05) is 4.98 Å². The molecule has 1 unspecified atom stereocenters. The Bertz CT molecular complexity index is 1280. The lowest BCUT2D eigenvalue weighted by atomic mass is 9.97. The fourth-order valence-corrected chi connectivity index (χ4v) is 5.04. The van der Waals surface area contributed by atoms with Gasteiger partial charge in [-0.25, -0.2) is 22.5 Å². The third kappa shape index (κ3) is 6.53. The second kappa shape index (κ2) is 11.8. The largest absolute Gasteiger partial charge is 0.462 e. The summed E-state index contributed by atoms with van der Waals surface area (Å²) in [5, 5.41) is 12.7. The van der Waals surface area contributed by atoms with Crippen molar-refractivity contribution in [1.29, 1.82) is 0 Å². The quantitative estimate of drug-likeness (QED) is 0.271. The van der Waals surface area contributed by atoms with E-state index < -0.39 is 74.2 Å². The predicted molar refractivity (Wildman–Crippen MR) is 126 cm³/mol. The lowest BCUT2D eigenvalue weighted by Crippen LogP contribution is -2.52. The summed E-state index contributed by atoms with van der Waals surface area (Å²) in [4.78, 5) is 37.5. The molecular formula is C22H27F3N3O9P. The number of halogens is 3. The van der Waals surface area contributed by atoms with E-state index in [2.05, 4.69) is 5.09 Å². The van der Waals surface area contributed by atoms with Crippen molar-refractivity contribution in [3.8, 4) is 5.75 Å². The van der Waals surface area contributed by atoms with E-state index in [-0.39, 0.29) is 5.75 Å². The Labute approximate surface area is 214 Å². The highest BCUT2D eigenvalue weighted by Gasteiger charge is 2.62. The second-order valence-corrected chi connectivity index (χ2v) is 10.4. The predicted octanol–water partition coefficient (Wildman–Crippen LogP) is 1.90. The molecule has 0 radical (unpaired) electrons. The Morgan fingerprint density at radius 2 is 1.89 bits per heavy atom. The smallest absolute Gasteiger partial charge is 0.459 e. The summed E-state index contributed by atoms with van der Waals surface area (Å²) in [7, 11) is -4.70. The van der Waals surface area contributed by atoms with Gasteiger partial charge < -0.3 is 19.1 Å². The maximum absolute atomic E-state index is 15.0. The van der Waals surface area contributed by atoms with Crippen molar-refractivity contribution in [1.82, 2.24) is 14.6 Å². The first kappa shape index (κ1) is 29.6. The number of esters is 1. The maximum Gasteiger partial charge on any atom is 0.459 e. The van der Waals surface area contributed by atoms with Crippen molar-refractivity contribution in [3.05, 3.63) is 63.4 Å². The molecule has 1 aliphatic rings. The number of hydrogen-bond donors (Lipinski definition) is 3. The summed E-state index contributed by atoms with van der Waals surface area (Å²) in [5.41, 5.74) is -5.14. The molecule has 0 saturated carbocycles. The Hall–Kier alpha value is -2.97. The number of aliphatic hydroxyl groups is 1. The number of aromatic nitrogens is 2. The zero-order valence-electron chi connectivity index (χ0n) is 20.5. The van der Waals surface area contributed by atoms with Crippen molar-refractivity contribution in [2.45, 2.75) is 63.4 Å². The monoisotopic (exact) mass is 565 g/mol. The SMILES string of the molecule is CC(C)OC(=O)[C@H](C)NP(=O)(OC[C@@]1(C(F)F)O[C@@H](n2ccc(=O)[nH]c2=O)[C@@H](F)[C@@H]1O)Oc1ccccc1. The first-order chi connectivity index (χ1) is 17.8. The van der Waals surface area contributed by atoms with E-state index in [0.29, 0.717) is 4.57 Å². The van der Waals surface area contributed by atoms with E-state index in [4.69, 9.17) is 18.5 Å². The van der Waals surface area contributed by atoms with Crippen LogP contribution in [0.15, 0.2) is 52.2 Å². The fraction of sp³-hybridized carbons (Fsp3) is 0.500. The number of aromatic amines is 1. The summed E-state index contributed by atoms with van der Waals surface area (Å²) in [6, 6.07) is 6.89. The van der Waals surface area contributed by atoms with Gasteiger partial charge in [0, 0.05) is 12.3 Å². The molecule has 6 atom stereocenters. The Morgan fingerprint density at radius 3 is 2.47 bits per heavy atom. The van der Waals surface area contributed by atoms with Gasteiger partial charge in [-0.05, 0) is 32.9 Å². The van der Waals surface area contributed by atoms with Crippen LogP contribution < -0.4 is 20.9 Å². The van der Waals surface area contributed by atoms with Gasteiger partial charge in [-0.3, -0.25) is 23.7 Å². The normalized spacial score (nSPS) is 25.8. The zero-order valence-corrected chi connectivity index (χ0v) is 21.3. The van der Waals surface area contributed by atoms with Gasteiger partial charge >= 0.3 is 19.4 Å². The molecule has 1 aliphatic heterocycles. The van der Waals surface area contributed by atoms with E-state index in [1.165, 1.54) is 31.2 Å². The molecule has 210 valence electrons. The summed E-state index contributed by atoms with van der Waals surface area (Å²) in [5.74, 6) is -0.893. The highest BCUT2D eigenvalue weighted by molar-refractivity contribution is 7.52. The molecule has 38 heavy (non-hydrogen) atoms. The molecule has 1 aromatic heterocycles. The molecule has 2 aromatic rings. The van der Waals surface area contributed by atoms with Crippen LogP contribution in [0.4, 0.5) is 13.2 Å². The highest BCUT2D eigenvalue weighted by Crippen LogP contribution is 2.49. The molecular weight excluding hydrogens is 538 g/mol. The van der Waals surface area contributed by atoms with Crippen molar-refractivity contribution < 1.29 is 46.2 Å². The first-order valence-corrected chi connectivity index (χ1v) is 12.9. The maximum atomic E-state index is 15.0. The Balaban J connectivity index is 1.90. The van der Waals surface area contributed by atoms with Crippen LogP contribution in [0, 0.1) is 0 Å². The van der Waals surface area contributed by atoms with Gasteiger partial charge in [0.1, 0.15) is 17.9 Å². The number of nitrogens with zero attached hydrogens (tertiary/aromatic N) is 1. The van der Waals surface area contributed by atoms with Crippen LogP contribution in [0.25, 0.3) is 0 Å². The highest BCUT2D eigenvalue weighted by atomic mass is 31.2. The number of H-pyrrole nitrogens is 1. The summed E-state index contributed by atoms with van der Waals surface area (Å²) in [6.45, 7) is 3.01. The van der Waals surface area contributed by atoms with Crippen LogP contribution in [-0.2, 0) is 23.4 Å². The number of benzene rings is 1. The van der Waals surface area contributed by atoms with Gasteiger partial charge in [0.25, 0.3) is 12.0 Å². The molecule has 3 N–H and O–H groups in total. The Kier molecular flexibility index (Phi) is 9.21. The van der Waals surface area contributed by atoms with E-state index in [1.54, 1.807) is 19.9 Å². The van der Waals surface area contributed by atoms with Gasteiger partial charge in [0.05, 0.1) is 12.7 Å². The molecule has 3 rings (SSSR count). The molecule has 12 nitrogen and oxygen atoms in total. The minimum atomic E-state index is -4.70. The summed E-state index contributed by atoms with van der Waals surface area (Å²) in [6.07, 6.45) is -10.6. The number of ether oxygens (including phenoxy) is 2. The lowest BCUT2D eigenvalue weighted by molar-refractivity contribution is -0.192. The molecule has 2 heterocycles.